The molecule has 7 nitrogen and oxygen atoms in total. The Hall–Kier alpha value is -3.36. The molecule has 1 aliphatic heterocycles. The molecule has 2 aromatic carbocycles. The van der Waals surface area contributed by atoms with Gasteiger partial charge in [-0.25, -0.2) is 14.3 Å². The molecule has 0 spiro atoms. The summed E-state index contributed by atoms with van der Waals surface area (Å²) in [6.07, 6.45) is 0. The standard InChI is InChI=1S/C19H15N3O4S/c20-11-5-7-13-16(9-11)26-17-10-12(22-21)6-8-14(17)19(13)15-3-1-2-4-18(15)27(23,24)25/h1-10H,20-21H2,(H,23,24,25). The molecule has 0 unspecified atom stereocenters. The normalized spacial score (nSPS) is 12.7. The molecule has 0 fully saturated rings. The van der Waals surface area contributed by atoms with Gasteiger partial charge in [0.2, 0.25) is 5.36 Å². The number of fused-ring (bicyclic) bond motifs is 2. The summed E-state index contributed by atoms with van der Waals surface area (Å²) in [4.78, 5) is -0.295. The quantitative estimate of drug-likeness (QED) is 0.152. The van der Waals surface area contributed by atoms with Crippen LogP contribution in [0.25, 0.3) is 33.4 Å². The van der Waals surface area contributed by atoms with Crippen LogP contribution in [0, 0.1) is 0 Å². The number of benzene rings is 3. The van der Waals surface area contributed by atoms with E-state index in [0.717, 1.165) is 0 Å². The fourth-order valence-corrected chi connectivity index (χ4v) is 3.86. The average Bonchev–Trinajstić information content (AvgIpc) is 2.64. The minimum Gasteiger partial charge on any atom is -0.744 e. The highest BCUT2D eigenvalue weighted by atomic mass is 32.2. The summed E-state index contributed by atoms with van der Waals surface area (Å²) in [7, 11) is -4.68. The fraction of sp³-hybridized carbons (Fsp3) is 0. The summed E-state index contributed by atoms with van der Waals surface area (Å²) in [5.41, 5.74) is 8.35. The van der Waals surface area contributed by atoms with Gasteiger partial charge in [0, 0.05) is 39.9 Å². The van der Waals surface area contributed by atoms with Gasteiger partial charge < -0.3 is 14.7 Å². The first kappa shape index (κ1) is 17.1. The van der Waals surface area contributed by atoms with Crippen molar-refractivity contribution in [3.05, 3.63) is 66.0 Å². The Morgan fingerprint density at radius 2 is 1.74 bits per heavy atom. The summed E-state index contributed by atoms with van der Waals surface area (Å²) < 4.78 is 41.4. The van der Waals surface area contributed by atoms with Crippen LogP contribution in [0.3, 0.4) is 0 Å². The van der Waals surface area contributed by atoms with Crippen LogP contribution in [0.15, 0.2) is 70.0 Å². The zero-order valence-electron chi connectivity index (χ0n) is 14.0. The SMILES string of the molecule is N[NH+]=c1ccc2c(-c3ccccc3S(=O)(=O)[O-])c3ccc(N)cc3oc-2c1. The number of hydrogen-bond donors (Lipinski definition) is 3. The lowest BCUT2D eigenvalue weighted by molar-refractivity contribution is -0.512. The number of nitrogens with two attached hydrogens (primary N) is 2. The van der Waals surface area contributed by atoms with Crippen molar-refractivity contribution < 1.29 is 22.5 Å². The van der Waals surface area contributed by atoms with Crippen LogP contribution >= 0.6 is 0 Å². The van der Waals surface area contributed by atoms with E-state index >= 15 is 0 Å². The summed E-state index contributed by atoms with van der Waals surface area (Å²) in [5.74, 6) is 5.94. The molecule has 0 saturated heterocycles. The summed E-state index contributed by atoms with van der Waals surface area (Å²) >= 11 is 0. The van der Waals surface area contributed by atoms with Gasteiger partial charge in [0.25, 0.3) is 0 Å². The lowest BCUT2D eigenvalue weighted by Gasteiger charge is -2.18. The molecule has 0 saturated carbocycles. The molecule has 4 rings (SSSR count). The van der Waals surface area contributed by atoms with Crippen molar-refractivity contribution in [1.82, 2.24) is 0 Å². The van der Waals surface area contributed by atoms with Gasteiger partial charge >= 0.3 is 0 Å². The van der Waals surface area contributed by atoms with Crippen molar-refractivity contribution in [2.75, 3.05) is 5.73 Å². The molecule has 1 heterocycles. The highest BCUT2D eigenvalue weighted by Gasteiger charge is 2.21. The van der Waals surface area contributed by atoms with E-state index in [-0.39, 0.29) is 4.90 Å². The predicted octanol–water partition coefficient (Wildman–Crippen LogP) is 0.546. The second-order valence-electron chi connectivity index (χ2n) is 6.04. The largest absolute Gasteiger partial charge is 0.744 e. The second-order valence-corrected chi connectivity index (χ2v) is 7.39. The van der Waals surface area contributed by atoms with E-state index in [4.69, 9.17) is 16.0 Å². The molecule has 5 N–H and O–H groups in total. The zero-order valence-corrected chi connectivity index (χ0v) is 14.8. The lowest BCUT2D eigenvalue weighted by Crippen LogP contribution is -2.83. The van der Waals surface area contributed by atoms with E-state index in [0.29, 0.717) is 44.5 Å². The van der Waals surface area contributed by atoms with Crippen LogP contribution in [0.2, 0.25) is 0 Å². The van der Waals surface area contributed by atoms with Gasteiger partial charge in [-0.2, -0.15) is 0 Å². The van der Waals surface area contributed by atoms with Crippen molar-refractivity contribution in [3.63, 3.8) is 0 Å². The number of nitrogens with one attached hydrogen (secondary N) is 1. The molecule has 0 radical (unpaired) electrons. The Kier molecular flexibility index (Phi) is 3.87. The van der Waals surface area contributed by atoms with Crippen molar-refractivity contribution in [3.8, 4) is 22.5 Å². The first-order chi connectivity index (χ1) is 12.9. The summed E-state index contributed by atoms with van der Waals surface area (Å²) in [6, 6.07) is 16.4. The van der Waals surface area contributed by atoms with Gasteiger partial charge in [-0.1, -0.05) is 18.2 Å². The molecule has 136 valence electrons. The fourth-order valence-electron chi connectivity index (χ4n) is 3.18. The van der Waals surface area contributed by atoms with Gasteiger partial charge in [0.05, 0.1) is 11.0 Å². The topological polar surface area (TPSA) is 136 Å². The highest BCUT2D eigenvalue weighted by molar-refractivity contribution is 7.85. The molecule has 27 heavy (non-hydrogen) atoms. The monoisotopic (exact) mass is 381 g/mol. The molecule has 1 aliphatic carbocycles. The maximum Gasteiger partial charge on any atom is 0.229 e. The van der Waals surface area contributed by atoms with E-state index in [1.54, 1.807) is 48.5 Å². The number of hydrogen-bond acceptors (Lipinski definition) is 6. The molecular weight excluding hydrogens is 366 g/mol. The third-order valence-electron chi connectivity index (χ3n) is 4.34. The van der Waals surface area contributed by atoms with Gasteiger partial charge in [0.15, 0.2) is 0 Å². The highest BCUT2D eigenvalue weighted by Crippen LogP contribution is 2.42. The Morgan fingerprint density at radius 1 is 0.963 bits per heavy atom. The van der Waals surface area contributed by atoms with Crippen LogP contribution in [0.5, 0.6) is 0 Å². The van der Waals surface area contributed by atoms with Crippen LogP contribution < -0.4 is 22.0 Å². The Labute approximate surface area is 154 Å². The van der Waals surface area contributed by atoms with E-state index in [9.17, 15) is 13.0 Å². The Bertz CT molecular complexity index is 1330. The number of nitrogen functional groups attached to an aromatic ring is 1. The smallest absolute Gasteiger partial charge is 0.229 e. The van der Waals surface area contributed by atoms with E-state index in [2.05, 4.69) is 5.10 Å². The maximum atomic E-state index is 11.8. The predicted molar refractivity (Wildman–Crippen MR) is 98.9 cm³/mol. The second kappa shape index (κ2) is 6.11. The first-order valence-electron chi connectivity index (χ1n) is 7.99. The van der Waals surface area contributed by atoms with Crippen molar-refractivity contribution in [2.24, 2.45) is 5.84 Å². The molecule has 2 aliphatic rings. The van der Waals surface area contributed by atoms with Crippen molar-refractivity contribution in [1.29, 1.82) is 0 Å². The third kappa shape index (κ3) is 2.90. The van der Waals surface area contributed by atoms with Crippen molar-refractivity contribution >= 4 is 26.8 Å². The first-order valence-corrected chi connectivity index (χ1v) is 9.40. The zero-order chi connectivity index (χ0) is 19.2. The van der Waals surface area contributed by atoms with Crippen LogP contribution in [-0.4, -0.2) is 13.0 Å². The summed E-state index contributed by atoms with van der Waals surface area (Å²) in [5, 5.41) is 3.80. The molecule has 0 amide bonds. The van der Waals surface area contributed by atoms with E-state index in [1.807, 2.05) is 0 Å². The Morgan fingerprint density at radius 3 is 2.48 bits per heavy atom. The van der Waals surface area contributed by atoms with Crippen molar-refractivity contribution in [2.45, 2.75) is 4.90 Å². The van der Waals surface area contributed by atoms with Gasteiger partial charge in [-0.05, 0) is 24.3 Å². The number of hydrazine groups is 1. The Balaban J connectivity index is 2.23. The molecule has 0 atom stereocenters. The number of rotatable bonds is 2. The molecule has 0 aromatic heterocycles. The van der Waals surface area contributed by atoms with Crippen LogP contribution in [0.1, 0.15) is 0 Å². The molecule has 8 heteroatoms. The molecule has 2 aromatic rings. The van der Waals surface area contributed by atoms with Crippen LogP contribution in [0.4, 0.5) is 5.69 Å². The van der Waals surface area contributed by atoms with Gasteiger partial charge in [0.1, 0.15) is 21.5 Å². The minimum atomic E-state index is -4.68. The number of anilines is 1. The van der Waals surface area contributed by atoms with E-state index in [1.165, 1.54) is 12.1 Å². The lowest BCUT2D eigenvalue weighted by atomic mass is 9.93. The molecular formula is C19H15N3O4S. The minimum absolute atomic E-state index is 0.295. The maximum absolute atomic E-state index is 11.8. The van der Waals surface area contributed by atoms with E-state index < -0.39 is 10.1 Å². The van der Waals surface area contributed by atoms with Crippen LogP contribution in [-0.2, 0) is 10.1 Å². The average molecular weight is 381 g/mol. The third-order valence-corrected chi connectivity index (χ3v) is 5.23. The molecule has 0 bridgehead atoms. The van der Waals surface area contributed by atoms with Gasteiger partial charge in [-0.3, -0.25) is 0 Å². The summed E-state index contributed by atoms with van der Waals surface area (Å²) in [6.45, 7) is 0. The van der Waals surface area contributed by atoms with Gasteiger partial charge in [-0.15, -0.1) is 5.10 Å².